The van der Waals surface area contributed by atoms with E-state index in [-0.39, 0.29) is 11.7 Å². The Morgan fingerprint density at radius 2 is 2.21 bits per heavy atom. The van der Waals surface area contributed by atoms with Crippen molar-refractivity contribution in [1.29, 1.82) is 0 Å². The zero-order valence-corrected chi connectivity index (χ0v) is 13.0. The summed E-state index contributed by atoms with van der Waals surface area (Å²) in [5.74, 6) is 0.0650. The van der Waals surface area contributed by atoms with Gasteiger partial charge in [0.2, 0.25) is 0 Å². The molecule has 2 unspecified atom stereocenters. The molecule has 2 aromatic rings. The maximum atomic E-state index is 12.2. The molecule has 2 atom stereocenters. The number of para-hydroxylation sites is 1. The van der Waals surface area contributed by atoms with Crippen molar-refractivity contribution in [2.24, 2.45) is 0 Å². The highest BCUT2D eigenvalue weighted by atomic mass is 16.4. The number of rotatable bonds is 1. The molecule has 2 aliphatic rings. The number of aliphatic hydroxyl groups is 3. The molecule has 1 aliphatic carbocycles. The maximum absolute atomic E-state index is 12.2. The van der Waals surface area contributed by atoms with Gasteiger partial charge >= 0.3 is 0 Å². The topological polar surface area (TPSA) is 108 Å². The van der Waals surface area contributed by atoms with Crippen molar-refractivity contribution in [3.05, 3.63) is 47.5 Å². The molecule has 7 nitrogen and oxygen atoms in total. The Kier molecular flexibility index (Phi) is 3.06. The summed E-state index contributed by atoms with van der Waals surface area (Å²) < 4.78 is 1.89. The normalized spacial score (nSPS) is 26.6. The van der Waals surface area contributed by atoms with Crippen LogP contribution in [0.5, 0.6) is 0 Å². The number of nitrogens with zero attached hydrogens (tertiary/aromatic N) is 2. The van der Waals surface area contributed by atoms with Crippen molar-refractivity contribution >= 4 is 22.5 Å². The Morgan fingerprint density at radius 3 is 2.96 bits per heavy atom. The van der Waals surface area contributed by atoms with Crippen LogP contribution in [-0.4, -0.2) is 49.0 Å². The lowest BCUT2D eigenvalue weighted by Gasteiger charge is -2.30. The number of allylic oxidation sites excluding steroid dienone is 2. The smallest absolute Gasteiger partial charge is 0.253 e. The number of amides is 1. The number of hydrogen-bond acceptors (Lipinski definition) is 5. The average molecular weight is 327 g/mol. The third-order valence-corrected chi connectivity index (χ3v) is 4.61. The van der Waals surface area contributed by atoms with Crippen LogP contribution in [0.2, 0.25) is 0 Å². The van der Waals surface area contributed by atoms with Gasteiger partial charge in [0, 0.05) is 18.7 Å². The predicted octanol–water partition coefficient (Wildman–Crippen LogP) is 0.730. The lowest BCUT2D eigenvalue weighted by atomic mass is 9.89. The van der Waals surface area contributed by atoms with Crippen molar-refractivity contribution < 1.29 is 20.1 Å². The van der Waals surface area contributed by atoms with Gasteiger partial charge in [0.05, 0.1) is 16.6 Å². The minimum Gasteiger partial charge on any atom is -0.509 e. The van der Waals surface area contributed by atoms with Gasteiger partial charge in [-0.2, -0.15) is 0 Å². The van der Waals surface area contributed by atoms with Crippen LogP contribution in [0.1, 0.15) is 23.1 Å². The first kappa shape index (κ1) is 14.9. The number of carbonyl (C=O) groups is 1. The Morgan fingerprint density at radius 1 is 1.42 bits per heavy atom. The summed E-state index contributed by atoms with van der Waals surface area (Å²) in [6, 6.07) is 5.33. The molecule has 1 amide bonds. The first-order valence-corrected chi connectivity index (χ1v) is 7.71. The highest BCUT2D eigenvalue weighted by Crippen LogP contribution is 2.33. The van der Waals surface area contributed by atoms with Gasteiger partial charge in [0.15, 0.2) is 0 Å². The minimum absolute atomic E-state index is 0.148. The number of benzene rings is 1. The number of carbonyl (C=O) groups excluding carboxylic acids is 1. The summed E-state index contributed by atoms with van der Waals surface area (Å²) in [6.07, 6.45) is 1.61. The molecule has 0 bridgehead atoms. The highest BCUT2D eigenvalue weighted by molar-refractivity contribution is 6.06. The van der Waals surface area contributed by atoms with Crippen LogP contribution < -0.4 is 5.32 Å². The largest absolute Gasteiger partial charge is 0.509 e. The van der Waals surface area contributed by atoms with Crippen LogP contribution in [-0.2, 0) is 6.54 Å². The third kappa shape index (κ3) is 1.98. The molecular formula is C17H17N3O4. The van der Waals surface area contributed by atoms with E-state index in [0.717, 1.165) is 5.52 Å². The number of aromatic nitrogens is 2. The summed E-state index contributed by atoms with van der Waals surface area (Å²) in [4.78, 5) is 16.7. The van der Waals surface area contributed by atoms with E-state index in [4.69, 9.17) is 0 Å². The summed E-state index contributed by atoms with van der Waals surface area (Å²) >= 11 is 0. The molecule has 1 aromatic heterocycles. The third-order valence-electron chi connectivity index (χ3n) is 4.61. The molecule has 0 saturated heterocycles. The molecule has 1 aliphatic heterocycles. The van der Waals surface area contributed by atoms with Crippen LogP contribution in [0.4, 0.5) is 0 Å². The molecule has 0 fully saturated rings. The van der Waals surface area contributed by atoms with Crippen LogP contribution in [0, 0.1) is 0 Å². The van der Waals surface area contributed by atoms with Crippen LogP contribution >= 0.6 is 0 Å². The van der Waals surface area contributed by atoms with E-state index in [0.29, 0.717) is 35.6 Å². The van der Waals surface area contributed by atoms with Crippen LogP contribution in [0.15, 0.2) is 36.1 Å². The minimum atomic E-state index is -1.73. The molecule has 0 saturated carbocycles. The van der Waals surface area contributed by atoms with E-state index in [1.54, 1.807) is 12.1 Å². The van der Waals surface area contributed by atoms with Gasteiger partial charge < -0.3 is 25.2 Å². The summed E-state index contributed by atoms with van der Waals surface area (Å²) in [5, 5.41) is 33.1. The van der Waals surface area contributed by atoms with E-state index in [1.807, 2.05) is 10.6 Å². The SMILES string of the molecule is CC1(O)C(O)=CC(c2nc3cccc4c3n2CCNC4=O)=CC1O. The number of hydrogen-bond donors (Lipinski definition) is 4. The van der Waals surface area contributed by atoms with E-state index in [1.165, 1.54) is 19.1 Å². The zero-order chi connectivity index (χ0) is 17.1. The average Bonchev–Trinajstić information content (AvgIpc) is 2.82. The fourth-order valence-electron chi connectivity index (χ4n) is 3.15. The molecule has 7 heteroatoms. The highest BCUT2D eigenvalue weighted by Gasteiger charge is 2.37. The number of nitrogens with one attached hydrogen (secondary N) is 1. The zero-order valence-electron chi connectivity index (χ0n) is 13.0. The fraction of sp³-hybridized carbons (Fsp3) is 0.294. The first-order valence-electron chi connectivity index (χ1n) is 7.71. The second-order valence-electron chi connectivity index (χ2n) is 6.26. The quantitative estimate of drug-likeness (QED) is 0.618. The van der Waals surface area contributed by atoms with Gasteiger partial charge in [-0.1, -0.05) is 6.07 Å². The summed E-state index contributed by atoms with van der Waals surface area (Å²) in [6.45, 7) is 2.32. The Labute approximate surface area is 137 Å². The predicted molar refractivity (Wildman–Crippen MR) is 87.4 cm³/mol. The Balaban J connectivity index is 1.95. The van der Waals surface area contributed by atoms with E-state index < -0.39 is 11.7 Å². The van der Waals surface area contributed by atoms with Gasteiger partial charge in [-0.3, -0.25) is 4.79 Å². The van der Waals surface area contributed by atoms with Gasteiger partial charge in [-0.15, -0.1) is 0 Å². The first-order chi connectivity index (χ1) is 11.4. The van der Waals surface area contributed by atoms with E-state index in [2.05, 4.69) is 10.3 Å². The molecule has 124 valence electrons. The number of aliphatic hydroxyl groups excluding tert-OH is 2. The second kappa shape index (κ2) is 4.93. The van der Waals surface area contributed by atoms with Crippen molar-refractivity contribution in [3.8, 4) is 0 Å². The summed E-state index contributed by atoms with van der Waals surface area (Å²) in [5.41, 5.74) is 0.712. The molecule has 1 aromatic carbocycles. The maximum Gasteiger partial charge on any atom is 0.253 e. The molecule has 24 heavy (non-hydrogen) atoms. The standard InChI is InChI=1S/C17H17N3O4/c1-17(24)12(21)7-9(8-13(17)22)15-19-11-4-2-3-10-14(11)20(15)6-5-18-16(10)23/h2-4,7-8,12,21-22,24H,5-6H2,1H3,(H,18,23). The van der Waals surface area contributed by atoms with E-state index >= 15 is 0 Å². The molecule has 4 rings (SSSR count). The van der Waals surface area contributed by atoms with Gasteiger partial charge in [0.25, 0.3) is 5.91 Å². The van der Waals surface area contributed by atoms with Gasteiger partial charge in [-0.05, 0) is 31.2 Å². The summed E-state index contributed by atoms with van der Waals surface area (Å²) in [7, 11) is 0. The van der Waals surface area contributed by atoms with Crippen molar-refractivity contribution in [1.82, 2.24) is 14.9 Å². The lowest BCUT2D eigenvalue weighted by Crippen LogP contribution is -2.41. The molecule has 0 radical (unpaired) electrons. The lowest BCUT2D eigenvalue weighted by molar-refractivity contribution is -0.0370. The van der Waals surface area contributed by atoms with Crippen molar-refractivity contribution in [2.75, 3.05) is 6.54 Å². The fourth-order valence-corrected chi connectivity index (χ4v) is 3.15. The Hall–Kier alpha value is -2.64. The van der Waals surface area contributed by atoms with Gasteiger partial charge in [-0.25, -0.2) is 4.98 Å². The van der Waals surface area contributed by atoms with Crippen molar-refractivity contribution in [3.63, 3.8) is 0 Å². The molecular weight excluding hydrogens is 310 g/mol. The van der Waals surface area contributed by atoms with E-state index in [9.17, 15) is 20.1 Å². The Bertz CT molecular complexity index is 923. The monoisotopic (exact) mass is 327 g/mol. The number of imidazole rings is 1. The molecule has 0 spiro atoms. The van der Waals surface area contributed by atoms with Crippen LogP contribution in [0.3, 0.4) is 0 Å². The van der Waals surface area contributed by atoms with Crippen LogP contribution in [0.25, 0.3) is 16.6 Å². The molecule has 4 N–H and O–H groups in total. The molecule has 2 heterocycles. The van der Waals surface area contributed by atoms with Crippen molar-refractivity contribution in [2.45, 2.75) is 25.2 Å². The van der Waals surface area contributed by atoms with Gasteiger partial charge in [0.1, 0.15) is 23.3 Å². The second-order valence-corrected chi connectivity index (χ2v) is 6.26.